The Kier molecular flexibility index (Phi) is 9.45. The first-order valence-corrected chi connectivity index (χ1v) is 15.7. The second-order valence-electron chi connectivity index (χ2n) is 11.9. The number of aryl methyl sites for hydroxylation is 1. The predicted octanol–water partition coefficient (Wildman–Crippen LogP) is 6.40. The van der Waals surface area contributed by atoms with E-state index in [0.29, 0.717) is 40.9 Å². The van der Waals surface area contributed by atoms with E-state index in [2.05, 4.69) is 9.97 Å². The Labute approximate surface area is 274 Å². The highest BCUT2D eigenvalue weighted by Gasteiger charge is 2.20. The van der Waals surface area contributed by atoms with Crippen molar-refractivity contribution in [3.8, 4) is 44.9 Å². The first-order valence-electron chi connectivity index (χ1n) is 15.7. The van der Waals surface area contributed by atoms with Crippen LogP contribution in [-0.2, 0) is 17.7 Å². The van der Waals surface area contributed by atoms with Crippen LogP contribution in [-0.4, -0.2) is 47.8 Å². The number of Topliss-reactive ketones (excluding diaryl/α,β-unsaturated/α-hetero) is 1. The minimum atomic E-state index is -0.286. The molecule has 1 aliphatic heterocycles. The van der Waals surface area contributed by atoms with E-state index in [1.165, 1.54) is 0 Å². The summed E-state index contributed by atoms with van der Waals surface area (Å²) < 4.78 is 18.4. The molecule has 2 N–H and O–H groups in total. The molecule has 9 heteroatoms. The first-order chi connectivity index (χ1) is 22.8. The van der Waals surface area contributed by atoms with Gasteiger partial charge in [0.25, 0.3) is 0 Å². The van der Waals surface area contributed by atoms with E-state index >= 15 is 0 Å². The Balaban J connectivity index is 1.26. The van der Waals surface area contributed by atoms with E-state index < -0.39 is 0 Å². The van der Waals surface area contributed by atoms with Gasteiger partial charge in [-0.05, 0) is 66.6 Å². The van der Waals surface area contributed by atoms with Crippen LogP contribution in [0.25, 0.3) is 33.4 Å². The standard InChI is InChI=1S/C38H38N4O5/c1-24-4-7-29(19-40-24)32-22-42(21-26-12-14-47-15-13-26)23-33(37(32)44)34(43)16-25-5-8-27(9-6-25)31-17-30(20-41-38(31)39)28-10-11-35(45-2)36(18-28)46-3/h4-11,17-20,22-23,26H,12-16,21H2,1-3H3,(H2,39,41). The van der Waals surface area contributed by atoms with Gasteiger partial charge in [-0.1, -0.05) is 36.4 Å². The molecule has 240 valence electrons. The quantitative estimate of drug-likeness (QED) is 0.176. The smallest absolute Gasteiger partial charge is 0.200 e. The number of ketones is 1. The Hall–Kier alpha value is -5.28. The molecule has 3 aromatic heterocycles. The number of aromatic nitrogens is 3. The molecule has 0 saturated carbocycles. The summed E-state index contributed by atoms with van der Waals surface area (Å²) in [5.74, 6) is 1.83. The Morgan fingerprint density at radius 2 is 1.55 bits per heavy atom. The molecule has 0 aliphatic carbocycles. The monoisotopic (exact) mass is 630 g/mol. The maximum absolute atomic E-state index is 13.7. The number of hydrogen-bond donors (Lipinski definition) is 1. The first kappa shape index (κ1) is 31.7. The summed E-state index contributed by atoms with van der Waals surface area (Å²) >= 11 is 0. The molecular formula is C38H38N4O5. The van der Waals surface area contributed by atoms with Gasteiger partial charge >= 0.3 is 0 Å². The van der Waals surface area contributed by atoms with Gasteiger partial charge in [-0.3, -0.25) is 14.6 Å². The number of nitrogens with zero attached hydrogens (tertiary/aromatic N) is 3. The van der Waals surface area contributed by atoms with Crippen LogP contribution in [0.5, 0.6) is 11.5 Å². The van der Waals surface area contributed by atoms with Gasteiger partial charge in [0.2, 0.25) is 0 Å². The predicted molar refractivity (Wildman–Crippen MR) is 183 cm³/mol. The SMILES string of the molecule is COc1ccc(-c2cnc(N)c(-c3ccc(CC(=O)c4cn(CC5CCOCC5)cc(-c5ccc(C)nc5)c4=O)cc3)c2)cc1OC. The van der Waals surface area contributed by atoms with Crippen LogP contribution in [0.4, 0.5) is 5.82 Å². The second-order valence-corrected chi connectivity index (χ2v) is 11.9. The Morgan fingerprint density at radius 3 is 2.26 bits per heavy atom. The van der Waals surface area contributed by atoms with Gasteiger partial charge in [-0.15, -0.1) is 0 Å². The number of carbonyl (C=O) groups is 1. The van der Waals surface area contributed by atoms with Gasteiger partial charge in [0.05, 0.1) is 19.8 Å². The van der Waals surface area contributed by atoms with Gasteiger partial charge in [-0.2, -0.15) is 0 Å². The topological polar surface area (TPSA) is 119 Å². The van der Waals surface area contributed by atoms with Crippen LogP contribution in [0, 0.1) is 12.8 Å². The number of methoxy groups -OCH3 is 2. The maximum atomic E-state index is 13.7. The number of nitrogens with two attached hydrogens (primary N) is 1. The van der Waals surface area contributed by atoms with Crippen LogP contribution < -0.4 is 20.6 Å². The Bertz CT molecular complexity index is 1950. The largest absolute Gasteiger partial charge is 0.493 e. The summed E-state index contributed by atoms with van der Waals surface area (Å²) in [5.41, 5.74) is 12.4. The van der Waals surface area contributed by atoms with Gasteiger partial charge in [-0.25, -0.2) is 4.98 Å². The molecule has 9 nitrogen and oxygen atoms in total. The lowest BCUT2D eigenvalue weighted by Gasteiger charge is -2.23. The summed E-state index contributed by atoms with van der Waals surface area (Å²) in [6.45, 7) is 4.06. The molecule has 4 heterocycles. The number of hydrogen-bond acceptors (Lipinski definition) is 8. The fourth-order valence-corrected chi connectivity index (χ4v) is 5.96. The van der Waals surface area contributed by atoms with Crippen LogP contribution >= 0.6 is 0 Å². The molecule has 0 atom stereocenters. The fourth-order valence-electron chi connectivity index (χ4n) is 5.96. The van der Waals surface area contributed by atoms with Crippen molar-refractivity contribution in [3.05, 3.63) is 112 Å². The van der Waals surface area contributed by atoms with Crippen molar-refractivity contribution in [2.24, 2.45) is 5.92 Å². The molecule has 0 unspecified atom stereocenters. The molecule has 1 aliphatic rings. The van der Waals surface area contributed by atoms with Gasteiger partial charge in [0, 0.05) is 78.9 Å². The molecule has 0 spiro atoms. The highest BCUT2D eigenvalue weighted by molar-refractivity contribution is 5.98. The minimum absolute atomic E-state index is 0.0851. The van der Waals surface area contributed by atoms with E-state index in [1.807, 2.05) is 78.4 Å². The van der Waals surface area contributed by atoms with Crippen LogP contribution in [0.2, 0.25) is 0 Å². The van der Waals surface area contributed by atoms with Gasteiger partial charge in [0.1, 0.15) is 5.82 Å². The molecule has 5 aromatic rings. The zero-order chi connectivity index (χ0) is 32.9. The number of rotatable bonds is 10. The molecule has 1 fully saturated rings. The second kappa shape index (κ2) is 14.0. The van der Waals surface area contributed by atoms with E-state index in [1.54, 1.807) is 32.8 Å². The average molecular weight is 631 g/mol. The lowest BCUT2D eigenvalue weighted by atomic mass is 9.96. The van der Waals surface area contributed by atoms with Crippen molar-refractivity contribution in [2.75, 3.05) is 33.2 Å². The van der Waals surface area contributed by atoms with E-state index in [0.717, 1.165) is 59.6 Å². The number of benzene rings is 2. The van der Waals surface area contributed by atoms with Crippen LogP contribution in [0.3, 0.4) is 0 Å². The highest BCUT2D eigenvalue weighted by Crippen LogP contribution is 2.35. The summed E-state index contributed by atoms with van der Waals surface area (Å²) in [4.78, 5) is 36.3. The number of nitrogen functional groups attached to an aromatic ring is 1. The molecule has 1 saturated heterocycles. The third-order valence-electron chi connectivity index (χ3n) is 8.68. The van der Waals surface area contributed by atoms with Crippen molar-refractivity contribution in [2.45, 2.75) is 32.7 Å². The van der Waals surface area contributed by atoms with E-state index in [4.69, 9.17) is 19.9 Å². The van der Waals surface area contributed by atoms with Crippen molar-refractivity contribution in [1.29, 1.82) is 0 Å². The third-order valence-corrected chi connectivity index (χ3v) is 8.68. The number of ether oxygens (including phenoxy) is 3. The van der Waals surface area contributed by atoms with Crippen molar-refractivity contribution in [3.63, 3.8) is 0 Å². The lowest BCUT2D eigenvalue weighted by Crippen LogP contribution is -2.25. The lowest BCUT2D eigenvalue weighted by molar-refractivity contribution is 0.0612. The van der Waals surface area contributed by atoms with Crippen LogP contribution in [0.15, 0.2) is 90.2 Å². The van der Waals surface area contributed by atoms with Gasteiger partial charge in [0.15, 0.2) is 22.7 Å². The van der Waals surface area contributed by atoms with Crippen molar-refractivity contribution in [1.82, 2.24) is 14.5 Å². The maximum Gasteiger partial charge on any atom is 0.200 e. The van der Waals surface area contributed by atoms with Crippen LogP contribution in [0.1, 0.15) is 34.5 Å². The minimum Gasteiger partial charge on any atom is -0.493 e. The summed E-state index contributed by atoms with van der Waals surface area (Å²) in [6.07, 6.45) is 8.96. The third kappa shape index (κ3) is 7.10. The molecular weight excluding hydrogens is 592 g/mol. The number of anilines is 1. The molecule has 0 radical (unpaired) electrons. The Morgan fingerprint density at radius 1 is 0.851 bits per heavy atom. The molecule has 47 heavy (non-hydrogen) atoms. The van der Waals surface area contributed by atoms with E-state index in [-0.39, 0.29) is 23.2 Å². The van der Waals surface area contributed by atoms with Gasteiger partial charge < -0.3 is 24.5 Å². The average Bonchev–Trinajstić information content (AvgIpc) is 3.10. The fraction of sp³-hybridized carbons (Fsp3) is 0.263. The zero-order valence-corrected chi connectivity index (χ0v) is 26.9. The summed E-state index contributed by atoms with van der Waals surface area (Å²) in [7, 11) is 3.20. The van der Waals surface area contributed by atoms with Crippen molar-refractivity contribution < 1.29 is 19.0 Å². The molecule has 0 amide bonds. The number of pyridine rings is 3. The molecule has 2 aromatic carbocycles. The number of carbonyl (C=O) groups excluding carboxylic acids is 1. The molecule has 0 bridgehead atoms. The van der Waals surface area contributed by atoms with E-state index in [9.17, 15) is 9.59 Å². The highest BCUT2D eigenvalue weighted by atomic mass is 16.5. The normalized spacial score (nSPS) is 13.3. The zero-order valence-electron chi connectivity index (χ0n) is 26.9. The summed E-state index contributed by atoms with van der Waals surface area (Å²) in [6, 6.07) is 19.1. The summed E-state index contributed by atoms with van der Waals surface area (Å²) in [5, 5.41) is 0. The van der Waals surface area contributed by atoms with Crippen molar-refractivity contribution >= 4 is 11.6 Å². The molecule has 6 rings (SSSR count).